The van der Waals surface area contributed by atoms with E-state index in [0.717, 1.165) is 19.3 Å². The molecule has 0 rings (SSSR count). The zero-order valence-electron chi connectivity index (χ0n) is 10.5. The Morgan fingerprint density at radius 1 is 1.29 bits per heavy atom. The molecule has 0 heterocycles. The van der Waals surface area contributed by atoms with Gasteiger partial charge in [0.25, 0.3) is 0 Å². The third-order valence-electron chi connectivity index (χ3n) is 2.62. The average Bonchev–Trinajstić information content (AvgIpc) is 2.27. The van der Waals surface area contributed by atoms with Crippen molar-refractivity contribution in [2.75, 3.05) is 24.8 Å². The summed E-state index contributed by atoms with van der Waals surface area (Å²) in [6.07, 6.45) is 3.90. The summed E-state index contributed by atoms with van der Waals surface area (Å²) >= 11 is 5.50. The molecule has 17 heavy (non-hydrogen) atoms. The Morgan fingerprint density at radius 3 is 2.53 bits per heavy atom. The molecule has 0 aliphatic rings. The van der Waals surface area contributed by atoms with Crippen molar-refractivity contribution in [3.05, 3.63) is 0 Å². The third kappa shape index (κ3) is 9.83. The molecule has 0 aliphatic carbocycles. The van der Waals surface area contributed by atoms with Gasteiger partial charge in [0.2, 0.25) is 10.0 Å². The van der Waals surface area contributed by atoms with E-state index in [0.29, 0.717) is 25.3 Å². The third-order valence-corrected chi connectivity index (χ3v) is 4.32. The van der Waals surface area contributed by atoms with Crippen molar-refractivity contribution in [1.29, 1.82) is 0 Å². The topological polar surface area (TPSA) is 66.4 Å². The van der Waals surface area contributed by atoms with Crippen LogP contribution in [0.1, 0.15) is 39.0 Å². The molecule has 1 atom stereocenters. The molecule has 0 bridgehead atoms. The Morgan fingerprint density at radius 2 is 2.00 bits per heavy atom. The number of alkyl halides is 1. The number of sulfonamides is 1. The molecular formula is C11H24ClNO3S. The molecule has 0 fully saturated rings. The number of halogens is 1. The summed E-state index contributed by atoms with van der Waals surface area (Å²) in [6, 6.07) is 0. The highest BCUT2D eigenvalue weighted by Gasteiger charge is 2.13. The van der Waals surface area contributed by atoms with Crippen molar-refractivity contribution >= 4 is 21.6 Å². The van der Waals surface area contributed by atoms with E-state index in [9.17, 15) is 8.42 Å². The summed E-state index contributed by atoms with van der Waals surface area (Å²) in [5, 5.41) is 8.87. The Balaban J connectivity index is 3.95. The molecular weight excluding hydrogens is 262 g/mol. The summed E-state index contributed by atoms with van der Waals surface area (Å²) in [6.45, 7) is 2.59. The zero-order valence-corrected chi connectivity index (χ0v) is 12.1. The predicted octanol–water partition coefficient (Wildman–Crippen LogP) is 1.72. The highest BCUT2D eigenvalue weighted by molar-refractivity contribution is 7.89. The largest absolute Gasteiger partial charge is 0.396 e. The Bertz CT molecular complexity index is 264. The normalized spacial score (nSPS) is 13.8. The molecule has 0 spiro atoms. The number of aliphatic hydroxyl groups excluding tert-OH is 1. The van der Waals surface area contributed by atoms with Crippen LogP contribution in [0.5, 0.6) is 0 Å². The SMILES string of the molecule is CCCC(CCO)CNS(=O)(=O)CCCCCl. The second-order valence-corrected chi connectivity index (χ2v) is 6.53. The van der Waals surface area contributed by atoms with Gasteiger partial charge in [-0.2, -0.15) is 0 Å². The van der Waals surface area contributed by atoms with Crippen LogP contribution in [0, 0.1) is 5.92 Å². The molecule has 0 radical (unpaired) electrons. The fraction of sp³-hybridized carbons (Fsp3) is 1.00. The van der Waals surface area contributed by atoms with Gasteiger partial charge < -0.3 is 5.11 Å². The summed E-state index contributed by atoms with van der Waals surface area (Å²) in [7, 11) is -3.18. The number of rotatable bonds is 11. The summed E-state index contributed by atoms with van der Waals surface area (Å²) < 4.78 is 25.8. The predicted molar refractivity (Wildman–Crippen MR) is 71.8 cm³/mol. The second kappa shape index (κ2) is 10.1. The van der Waals surface area contributed by atoms with E-state index >= 15 is 0 Å². The highest BCUT2D eigenvalue weighted by Crippen LogP contribution is 2.10. The van der Waals surface area contributed by atoms with Gasteiger partial charge in [-0.1, -0.05) is 13.3 Å². The maximum Gasteiger partial charge on any atom is 0.211 e. The van der Waals surface area contributed by atoms with Gasteiger partial charge in [-0.05, 0) is 31.6 Å². The number of hydrogen-bond acceptors (Lipinski definition) is 3. The number of unbranched alkanes of at least 4 members (excludes halogenated alkanes) is 1. The van der Waals surface area contributed by atoms with Gasteiger partial charge in [-0.25, -0.2) is 13.1 Å². The molecule has 0 saturated carbocycles. The molecule has 0 saturated heterocycles. The van der Waals surface area contributed by atoms with E-state index in [-0.39, 0.29) is 18.3 Å². The lowest BCUT2D eigenvalue weighted by Crippen LogP contribution is -2.31. The van der Waals surface area contributed by atoms with E-state index in [2.05, 4.69) is 11.6 Å². The maximum atomic E-state index is 11.6. The van der Waals surface area contributed by atoms with Crippen LogP contribution < -0.4 is 4.72 Å². The molecule has 6 heteroatoms. The van der Waals surface area contributed by atoms with Crippen molar-refractivity contribution < 1.29 is 13.5 Å². The van der Waals surface area contributed by atoms with Gasteiger partial charge in [-0.15, -0.1) is 11.6 Å². The van der Waals surface area contributed by atoms with Crippen molar-refractivity contribution in [2.24, 2.45) is 5.92 Å². The fourth-order valence-corrected chi connectivity index (χ4v) is 3.05. The molecule has 0 amide bonds. The zero-order chi connectivity index (χ0) is 13.1. The Labute approximate surface area is 110 Å². The van der Waals surface area contributed by atoms with Gasteiger partial charge >= 0.3 is 0 Å². The van der Waals surface area contributed by atoms with E-state index < -0.39 is 10.0 Å². The van der Waals surface area contributed by atoms with Crippen LogP contribution >= 0.6 is 11.6 Å². The second-order valence-electron chi connectivity index (χ2n) is 4.23. The van der Waals surface area contributed by atoms with Gasteiger partial charge in [0, 0.05) is 19.0 Å². The minimum Gasteiger partial charge on any atom is -0.396 e. The maximum absolute atomic E-state index is 11.6. The van der Waals surface area contributed by atoms with Crippen LogP contribution in [0.25, 0.3) is 0 Å². The molecule has 0 aromatic rings. The number of hydrogen-bond donors (Lipinski definition) is 2. The van der Waals surface area contributed by atoms with Crippen LogP contribution in [0.2, 0.25) is 0 Å². The highest BCUT2D eigenvalue weighted by atomic mass is 35.5. The first-order valence-electron chi connectivity index (χ1n) is 6.20. The summed E-state index contributed by atoms with van der Waals surface area (Å²) in [5.41, 5.74) is 0. The molecule has 2 N–H and O–H groups in total. The first kappa shape index (κ1) is 17.2. The van der Waals surface area contributed by atoms with E-state index in [1.807, 2.05) is 0 Å². The first-order chi connectivity index (χ1) is 8.05. The van der Waals surface area contributed by atoms with E-state index in [1.165, 1.54) is 0 Å². The lowest BCUT2D eigenvalue weighted by Gasteiger charge is -2.15. The van der Waals surface area contributed by atoms with Crippen LogP contribution in [0.3, 0.4) is 0 Å². The lowest BCUT2D eigenvalue weighted by molar-refractivity contribution is 0.251. The minimum absolute atomic E-state index is 0.110. The van der Waals surface area contributed by atoms with Crippen molar-refractivity contribution in [3.8, 4) is 0 Å². The van der Waals surface area contributed by atoms with Crippen molar-refractivity contribution in [3.63, 3.8) is 0 Å². The molecule has 4 nitrogen and oxygen atoms in total. The van der Waals surface area contributed by atoms with Crippen LogP contribution in [0.4, 0.5) is 0 Å². The van der Waals surface area contributed by atoms with Crippen molar-refractivity contribution in [1.82, 2.24) is 4.72 Å². The Kier molecular flexibility index (Phi) is 10.2. The Hall–Kier alpha value is 0.160. The standard InChI is InChI=1S/C11H24ClNO3S/c1-2-5-11(6-8-14)10-13-17(15,16)9-4-3-7-12/h11,13-14H,2-10H2,1H3. The number of nitrogens with one attached hydrogen (secondary N) is 1. The molecule has 104 valence electrons. The first-order valence-corrected chi connectivity index (χ1v) is 8.38. The molecule has 1 unspecified atom stereocenters. The van der Waals surface area contributed by atoms with Crippen LogP contribution in [-0.2, 0) is 10.0 Å². The summed E-state index contributed by atoms with van der Waals surface area (Å²) in [5.74, 6) is 0.865. The quantitative estimate of drug-likeness (QED) is 0.449. The summed E-state index contributed by atoms with van der Waals surface area (Å²) in [4.78, 5) is 0. The fourth-order valence-electron chi connectivity index (χ4n) is 1.64. The molecule has 0 aliphatic heterocycles. The van der Waals surface area contributed by atoms with Gasteiger partial charge in [0.1, 0.15) is 0 Å². The van der Waals surface area contributed by atoms with E-state index in [1.54, 1.807) is 0 Å². The van der Waals surface area contributed by atoms with Gasteiger partial charge in [-0.3, -0.25) is 0 Å². The molecule has 0 aromatic heterocycles. The number of aliphatic hydroxyl groups is 1. The van der Waals surface area contributed by atoms with Crippen molar-refractivity contribution in [2.45, 2.75) is 39.0 Å². The van der Waals surface area contributed by atoms with Crippen LogP contribution in [0.15, 0.2) is 0 Å². The molecule has 0 aromatic carbocycles. The van der Waals surface area contributed by atoms with Crippen LogP contribution in [-0.4, -0.2) is 38.3 Å². The monoisotopic (exact) mass is 285 g/mol. The van der Waals surface area contributed by atoms with E-state index in [4.69, 9.17) is 16.7 Å². The van der Waals surface area contributed by atoms with Gasteiger partial charge in [0.05, 0.1) is 5.75 Å². The lowest BCUT2D eigenvalue weighted by atomic mass is 10.0. The smallest absolute Gasteiger partial charge is 0.211 e. The van der Waals surface area contributed by atoms with Gasteiger partial charge in [0.15, 0.2) is 0 Å². The minimum atomic E-state index is -3.18. The average molecular weight is 286 g/mol.